The summed E-state index contributed by atoms with van der Waals surface area (Å²) in [5.74, 6) is -0.327. The van der Waals surface area contributed by atoms with Gasteiger partial charge in [0, 0.05) is 6.04 Å². The Morgan fingerprint density at radius 2 is 2.07 bits per heavy atom. The van der Waals surface area contributed by atoms with Gasteiger partial charge in [0.15, 0.2) is 0 Å². The van der Waals surface area contributed by atoms with Crippen LogP contribution in [0, 0.1) is 0 Å². The van der Waals surface area contributed by atoms with Crippen LogP contribution in [-0.2, 0) is 9.53 Å². The lowest BCUT2D eigenvalue weighted by Crippen LogP contribution is -2.29. The summed E-state index contributed by atoms with van der Waals surface area (Å²) in [4.78, 5) is 11.4. The van der Waals surface area contributed by atoms with E-state index in [-0.39, 0.29) is 12.0 Å². The average molecular weight is 213 g/mol. The number of nitrogens with one attached hydrogen (secondary N) is 1. The molecule has 0 aromatic heterocycles. The molecule has 0 amide bonds. The summed E-state index contributed by atoms with van der Waals surface area (Å²) in [5.41, 5.74) is 0.368. The van der Waals surface area contributed by atoms with Gasteiger partial charge in [0.1, 0.15) is 5.70 Å². The number of esters is 1. The van der Waals surface area contributed by atoms with Gasteiger partial charge in [0.2, 0.25) is 0 Å². The fourth-order valence-electron chi connectivity index (χ4n) is 1.26. The summed E-state index contributed by atoms with van der Waals surface area (Å²) in [5, 5.41) is 3.04. The number of carbonyl (C=O) groups excluding carboxylic acids is 1. The van der Waals surface area contributed by atoms with Crippen LogP contribution in [0.4, 0.5) is 0 Å². The van der Waals surface area contributed by atoms with E-state index in [9.17, 15) is 4.79 Å². The topological polar surface area (TPSA) is 38.3 Å². The second kappa shape index (κ2) is 8.33. The molecule has 0 saturated carbocycles. The van der Waals surface area contributed by atoms with Crippen molar-refractivity contribution in [1.82, 2.24) is 5.32 Å². The van der Waals surface area contributed by atoms with E-state index in [1.165, 1.54) is 0 Å². The molecule has 0 aliphatic rings. The SMILES string of the molecule is C=C(NC(C)CCC)C(=O)OCCCC. The Labute approximate surface area is 92.9 Å². The summed E-state index contributed by atoms with van der Waals surface area (Å²) < 4.78 is 5.02. The Kier molecular flexibility index (Phi) is 7.78. The minimum absolute atomic E-state index is 0.279. The maximum absolute atomic E-state index is 11.4. The van der Waals surface area contributed by atoms with Crippen LogP contribution in [-0.4, -0.2) is 18.6 Å². The first-order valence-corrected chi connectivity index (χ1v) is 5.74. The molecule has 0 fully saturated rings. The molecule has 1 atom stereocenters. The molecule has 3 heteroatoms. The summed E-state index contributed by atoms with van der Waals surface area (Å²) in [6, 6.07) is 0.279. The van der Waals surface area contributed by atoms with E-state index in [0.717, 1.165) is 25.7 Å². The highest BCUT2D eigenvalue weighted by atomic mass is 16.5. The molecule has 1 N–H and O–H groups in total. The van der Waals surface area contributed by atoms with E-state index >= 15 is 0 Å². The van der Waals surface area contributed by atoms with Crippen LogP contribution in [0.15, 0.2) is 12.3 Å². The Bertz CT molecular complexity index is 202. The van der Waals surface area contributed by atoms with E-state index in [2.05, 4.69) is 25.7 Å². The minimum Gasteiger partial charge on any atom is -0.461 e. The van der Waals surface area contributed by atoms with Gasteiger partial charge in [-0.3, -0.25) is 0 Å². The van der Waals surface area contributed by atoms with E-state index in [1.54, 1.807) is 0 Å². The molecule has 0 saturated heterocycles. The quantitative estimate of drug-likeness (QED) is 0.382. The zero-order chi connectivity index (χ0) is 11.7. The molecule has 1 unspecified atom stereocenters. The van der Waals surface area contributed by atoms with Crippen LogP contribution in [0.1, 0.15) is 46.5 Å². The van der Waals surface area contributed by atoms with Gasteiger partial charge in [0.05, 0.1) is 6.61 Å². The van der Waals surface area contributed by atoms with Crippen molar-refractivity contribution < 1.29 is 9.53 Å². The number of carbonyl (C=O) groups is 1. The van der Waals surface area contributed by atoms with Crippen molar-refractivity contribution in [2.75, 3.05) is 6.61 Å². The molecule has 0 rings (SSSR count). The Hall–Kier alpha value is -0.990. The fraction of sp³-hybridized carbons (Fsp3) is 0.750. The third-order valence-corrected chi connectivity index (χ3v) is 2.12. The van der Waals surface area contributed by atoms with Crippen molar-refractivity contribution in [3.8, 4) is 0 Å². The van der Waals surface area contributed by atoms with E-state index in [4.69, 9.17) is 4.74 Å². The summed E-state index contributed by atoms with van der Waals surface area (Å²) in [7, 11) is 0. The first kappa shape index (κ1) is 14.0. The molecule has 0 aromatic rings. The summed E-state index contributed by atoms with van der Waals surface area (Å²) >= 11 is 0. The van der Waals surface area contributed by atoms with Crippen LogP contribution < -0.4 is 5.32 Å². The van der Waals surface area contributed by atoms with Gasteiger partial charge < -0.3 is 10.1 Å². The predicted octanol–water partition coefficient (Wildman–Crippen LogP) is 2.62. The van der Waals surface area contributed by atoms with Crippen molar-refractivity contribution in [3.05, 3.63) is 12.3 Å². The van der Waals surface area contributed by atoms with Gasteiger partial charge >= 0.3 is 5.97 Å². The van der Waals surface area contributed by atoms with Crippen molar-refractivity contribution in [2.24, 2.45) is 0 Å². The number of hydrogen-bond acceptors (Lipinski definition) is 3. The van der Waals surface area contributed by atoms with Crippen LogP contribution in [0.2, 0.25) is 0 Å². The van der Waals surface area contributed by atoms with Crippen LogP contribution in [0.5, 0.6) is 0 Å². The van der Waals surface area contributed by atoms with E-state index in [0.29, 0.717) is 12.3 Å². The number of ether oxygens (including phenoxy) is 1. The maximum Gasteiger partial charge on any atom is 0.353 e. The van der Waals surface area contributed by atoms with Gasteiger partial charge in [-0.2, -0.15) is 0 Å². The monoisotopic (exact) mass is 213 g/mol. The number of rotatable bonds is 8. The van der Waals surface area contributed by atoms with Gasteiger partial charge in [0.25, 0.3) is 0 Å². The molecule has 0 aromatic carbocycles. The third kappa shape index (κ3) is 7.00. The minimum atomic E-state index is -0.327. The Morgan fingerprint density at radius 3 is 2.60 bits per heavy atom. The molecule has 0 aliphatic heterocycles. The van der Waals surface area contributed by atoms with Gasteiger partial charge in [-0.05, 0) is 19.8 Å². The zero-order valence-corrected chi connectivity index (χ0v) is 10.1. The third-order valence-electron chi connectivity index (χ3n) is 2.12. The molecular weight excluding hydrogens is 190 g/mol. The predicted molar refractivity (Wildman–Crippen MR) is 62.5 cm³/mol. The lowest BCUT2D eigenvalue weighted by atomic mass is 10.2. The maximum atomic E-state index is 11.4. The smallest absolute Gasteiger partial charge is 0.353 e. The van der Waals surface area contributed by atoms with Crippen LogP contribution >= 0.6 is 0 Å². The molecule has 0 bridgehead atoms. The fourth-order valence-corrected chi connectivity index (χ4v) is 1.26. The van der Waals surface area contributed by atoms with Crippen molar-refractivity contribution in [1.29, 1.82) is 0 Å². The van der Waals surface area contributed by atoms with Crippen LogP contribution in [0.3, 0.4) is 0 Å². The molecule has 88 valence electrons. The molecule has 0 radical (unpaired) electrons. The standard InChI is InChI=1S/C12H23NO2/c1-5-7-9-15-12(14)11(4)13-10(3)8-6-2/h10,13H,4-9H2,1-3H3. The van der Waals surface area contributed by atoms with Crippen molar-refractivity contribution in [2.45, 2.75) is 52.5 Å². The summed E-state index contributed by atoms with van der Waals surface area (Å²) in [6.07, 6.45) is 4.05. The van der Waals surface area contributed by atoms with Crippen molar-refractivity contribution >= 4 is 5.97 Å². The Morgan fingerprint density at radius 1 is 1.40 bits per heavy atom. The van der Waals surface area contributed by atoms with Gasteiger partial charge in [-0.25, -0.2) is 4.79 Å². The summed E-state index contributed by atoms with van der Waals surface area (Å²) in [6.45, 7) is 10.4. The average Bonchev–Trinajstić information content (AvgIpc) is 2.18. The normalized spacial score (nSPS) is 11.9. The highest BCUT2D eigenvalue weighted by Crippen LogP contribution is 2.00. The molecule has 0 aliphatic carbocycles. The highest BCUT2D eigenvalue weighted by molar-refractivity contribution is 5.87. The van der Waals surface area contributed by atoms with Crippen molar-refractivity contribution in [3.63, 3.8) is 0 Å². The van der Waals surface area contributed by atoms with E-state index in [1.807, 2.05) is 6.92 Å². The lowest BCUT2D eigenvalue weighted by molar-refractivity contribution is -0.139. The molecule has 0 heterocycles. The lowest BCUT2D eigenvalue weighted by Gasteiger charge is -2.15. The van der Waals surface area contributed by atoms with E-state index < -0.39 is 0 Å². The largest absolute Gasteiger partial charge is 0.461 e. The number of hydrogen-bond donors (Lipinski definition) is 1. The van der Waals surface area contributed by atoms with Gasteiger partial charge in [-0.15, -0.1) is 0 Å². The zero-order valence-electron chi connectivity index (χ0n) is 10.1. The molecular formula is C12H23NO2. The molecule has 15 heavy (non-hydrogen) atoms. The Balaban J connectivity index is 3.73. The van der Waals surface area contributed by atoms with Gasteiger partial charge in [-0.1, -0.05) is 33.3 Å². The molecule has 0 spiro atoms. The van der Waals surface area contributed by atoms with Crippen LogP contribution in [0.25, 0.3) is 0 Å². The first-order chi connectivity index (χ1) is 7.11. The highest BCUT2D eigenvalue weighted by Gasteiger charge is 2.10. The second-order valence-electron chi connectivity index (χ2n) is 3.80. The second-order valence-corrected chi connectivity index (χ2v) is 3.80. The first-order valence-electron chi connectivity index (χ1n) is 5.74. The molecule has 3 nitrogen and oxygen atoms in total. The number of unbranched alkanes of at least 4 members (excludes halogenated alkanes) is 1.